The molecule has 0 radical (unpaired) electrons. The minimum atomic E-state index is -4.38. The molecule has 2 N–H and O–H groups in total. The fourth-order valence-electron chi connectivity index (χ4n) is 1.41. The summed E-state index contributed by atoms with van der Waals surface area (Å²) in [6.45, 7) is 2.10. The molecule has 0 aliphatic heterocycles. The van der Waals surface area contributed by atoms with Gasteiger partial charge in [-0.3, -0.25) is 10.1 Å². The van der Waals surface area contributed by atoms with Crippen LogP contribution in [-0.4, -0.2) is 24.7 Å². The van der Waals surface area contributed by atoms with Gasteiger partial charge in [0.2, 0.25) is 5.91 Å². The Bertz CT molecular complexity index is 378. The van der Waals surface area contributed by atoms with Crippen molar-refractivity contribution in [2.75, 3.05) is 6.54 Å². The van der Waals surface area contributed by atoms with E-state index in [2.05, 4.69) is 5.32 Å². The third-order valence-corrected chi connectivity index (χ3v) is 3.38. The van der Waals surface area contributed by atoms with Crippen LogP contribution in [0.3, 0.4) is 0 Å². The highest BCUT2D eigenvalue weighted by molar-refractivity contribution is 7.10. The van der Waals surface area contributed by atoms with Gasteiger partial charge in [0.15, 0.2) is 0 Å². The quantitative estimate of drug-likeness (QED) is 0.870. The van der Waals surface area contributed by atoms with E-state index in [1.165, 1.54) is 18.3 Å². The molecular weight excluding hydrogens is 265 g/mol. The van der Waals surface area contributed by atoms with E-state index in [-0.39, 0.29) is 6.04 Å². The summed E-state index contributed by atoms with van der Waals surface area (Å²) in [5.41, 5.74) is 0. The van der Waals surface area contributed by atoms with Crippen molar-refractivity contribution in [3.05, 3.63) is 22.4 Å². The fourth-order valence-corrected chi connectivity index (χ4v) is 2.15. The summed E-state index contributed by atoms with van der Waals surface area (Å²) >= 11 is 1.53. The van der Waals surface area contributed by atoms with Crippen LogP contribution in [0.2, 0.25) is 0 Å². The average molecular weight is 280 g/mol. The summed E-state index contributed by atoms with van der Waals surface area (Å²) in [5.74, 6) is -0.657. The molecule has 7 heteroatoms. The van der Waals surface area contributed by atoms with Gasteiger partial charge in [0.1, 0.15) is 6.54 Å². The molecule has 0 saturated carbocycles. The van der Waals surface area contributed by atoms with Gasteiger partial charge in [0.25, 0.3) is 0 Å². The summed E-state index contributed by atoms with van der Waals surface area (Å²) < 4.78 is 35.8. The second kappa shape index (κ2) is 6.19. The van der Waals surface area contributed by atoms with Crippen molar-refractivity contribution in [1.82, 2.24) is 10.6 Å². The molecule has 0 fully saturated rings. The topological polar surface area (TPSA) is 41.1 Å². The number of hydrogen-bond acceptors (Lipinski definition) is 3. The van der Waals surface area contributed by atoms with Gasteiger partial charge in [-0.25, -0.2) is 0 Å². The van der Waals surface area contributed by atoms with Crippen LogP contribution in [-0.2, 0) is 4.79 Å². The number of carbonyl (C=O) groups excluding carboxylic acids is 1. The van der Waals surface area contributed by atoms with E-state index in [9.17, 15) is 18.0 Å². The first-order valence-electron chi connectivity index (χ1n) is 5.43. The lowest BCUT2D eigenvalue weighted by Crippen LogP contribution is -2.45. The first kappa shape index (κ1) is 15.0. The Balaban J connectivity index is 2.40. The number of hydrogen-bond donors (Lipinski definition) is 2. The van der Waals surface area contributed by atoms with Crippen molar-refractivity contribution in [2.24, 2.45) is 0 Å². The van der Waals surface area contributed by atoms with E-state index < -0.39 is 24.7 Å². The second-order valence-electron chi connectivity index (χ2n) is 3.96. The Labute approximate surface area is 107 Å². The van der Waals surface area contributed by atoms with E-state index in [1.54, 1.807) is 0 Å². The first-order chi connectivity index (χ1) is 8.29. The summed E-state index contributed by atoms with van der Waals surface area (Å²) in [6, 6.07) is 3.04. The SMILES string of the molecule is CC(N[C@@H](C)c1cccs1)C(=O)NCC(F)(F)F. The van der Waals surface area contributed by atoms with Crippen LogP contribution in [0, 0.1) is 0 Å². The molecule has 2 atom stereocenters. The molecule has 18 heavy (non-hydrogen) atoms. The van der Waals surface area contributed by atoms with Crippen LogP contribution in [0.15, 0.2) is 17.5 Å². The number of carbonyl (C=O) groups is 1. The minimum Gasteiger partial charge on any atom is -0.346 e. The normalized spacial score (nSPS) is 15.2. The number of rotatable bonds is 5. The lowest BCUT2D eigenvalue weighted by molar-refractivity contribution is -0.139. The van der Waals surface area contributed by atoms with Gasteiger partial charge in [-0.15, -0.1) is 11.3 Å². The molecule has 3 nitrogen and oxygen atoms in total. The molecular formula is C11H15F3N2OS. The third-order valence-electron chi connectivity index (χ3n) is 2.33. The zero-order valence-electron chi connectivity index (χ0n) is 10.0. The van der Waals surface area contributed by atoms with Crippen molar-refractivity contribution in [3.63, 3.8) is 0 Å². The van der Waals surface area contributed by atoms with Crippen LogP contribution in [0.5, 0.6) is 0 Å². The highest BCUT2D eigenvalue weighted by atomic mass is 32.1. The zero-order chi connectivity index (χ0) is 13.8. The van der Waals surface area contributed by atoms with Crippen LogP contribution in [0.1, 0.15) is 24.8 Å². The number of alkyl halides is 3. The molecule has 0 saturated heterocycles. The van der Waals surface area contributed by atoms with E-state index >= 15 is 0 Å². The zero-order valence-corrected chi connectivity index (χ0v) is 10.9. The lowest BCUT2D eigenvalue weighted by atomic mass is 10.2. The molecule has 1 aromatic heterocycles. The number of halogens is 3. The van der Waals surface area contributed by atoms with E-state index in [4.69, 9.17) is 0 Å². The number of thiophene rings is 1. The summed E-state index contributed by atoms with van der Waals surface area (Å²) in [7, 11) is 0. The Hall–Kier alpha value is -1.08. The van der Waals surface area contributed by atoms with Gasteiger partial charge < -0.3 is 5.32 Å². The van der Waals surface area contributed by atoms with Crippen LogP contribution in [0.25, 0.3) is 0 Å². The molecule has 1 rings (SSSR count). The third kappa shape index (κ3) is 5.05. The average Bonchev–Trinajstić information content (AvgIpc) is 2.77. The number of nitrogens with one attached hydrogen (secondary N) is 2. The van der Waals surface area contributed by atoms with Crippen LogP contribution < -0.4 is 10.6 Å². The lowest BCUT2D eigenvalue weighted by Gasteiger charge is -2.19. The smallest absolute Gasteiger partial charge is 0.346 e. The molecule has 0 aromatic carbocycles. The molecule has 0 aliphatic carbocycles. The largest absolute Gasteiger partial charge is 0.405 e. The van der Waals surface area contributed by atoms with Gasteiger partial charge in [0, 0.05) is 10.9 Å². The summed E-state index contributed by atoms with van der Waals surface area (Å²) in [6.07, 6.45) is -4.38. The van der Waals surface area contributed by atoms with Gasteiger partial charge in [-0.1, -0.05) is 6.07 Å². The van der Waals surface area contributed by atoms with E-state index in [1.807, 2.05) is 29.8 Å². The van der Waals surface area contributed by atoms with Gasteiger partial charge >= 0.3 is 6.18 Å². The van der Waals surface area contributed by atoms with Crippen molar-refractivity contribution in [1.29, 1.82) is 0 Å². The van der Waals surface area contributed by atoms with Crippen LogP contribution in [0.4, 0.5) is 13.2 Å². The number of amides is 1. The maximum absolute atomic E-state index is 11.9. The maximum Gasteiger partial charge on any atom is 0.405 e. The summed E-state index contributed by atoms with van der Waals surface area (Å²) in [5, 5.41) is 6.70. The van der Waals surface area contributed by atoms with Crippen molar-refractivity contribution >= 4 is 17.2 Å². The van der Waals surface area contributed by atoms with Gasteiger partial charge in [0.05, 0.1) is 6.04 Å². The van der Waals surface area contributed by atoms with Crippen LogP contribution >= 0.6 is 11.3 Å². The highest BCUT2D eigenvalue weighted by Crippen LogP contribution is 2.18. The standard InChI is InChI=1S/C11H15F3N2OS/c1-7(9-4-3-5-18-9)16-8(2)10(17)15-6-11(12,13)14/h3-5,7-8,16H,6H2,1-2H3,(H,15,17)/t7-,8?/m0/s1. The Morgan fingerprint density at radius 2 is 2.11 bits per heavy atom. The summed E-state index contributed by atoms with van der Waals surface area (Å²) in [4.78, 5) is 12.5. The highest BCUT2D eigenvalue weighted by Gasteiger charge is 2.28. The molecule has 102 valence electrons. The van der Waals surface area contributed by atoms with Crippen molar-refractivity contribution < 1.29 is 18.0 Å². The monoisotopic (exact) mass is 280 g/mol. The predicted octanol–water partition coefficient (Wildman–Crippen LogP) is 2.47. The molecule has 1 aromatic rings. The Morgan fingerprint density at radius 1 is 1.44 bits per heavy atom. The van der Waals surface area contributed by atoms with E-state index in [0.29, 0.717) is 0 Å². The van der Waals surface area contributed by atoms with Gasteiger partial charge in [-0.05, 0) is 25.3 Å². The second-order valence-corrected chi connectivity index (χ2v) is 4.94. The van der Waals surface area contributed by atoms with Gasteiger partial charge in [-0.2, -0.15) is 13.2 Å². The Kier molecular flexibility index (Phi) is 5.15. The molecule has 1 unspecified atom stereocenters. The molecule has 1 amide bonds. The Morgan fingerprint density at radius 3 is 2.61 bits per heavy atom. The molecule has 0 spiro atoms. The predicted molar refractivity (Wildman–Crippen MR) is 64.4 cm³/mol. The minimum absolute atomic E-state index is 0.0726. The molecule has 0 bridgehead atoms. The first-order valence-corrected chi connectivity index (χ1v) is 6.31. The van der Waals surface area contributed by atoms with Crippen molar-refractivity contribution in [3.8, 4) is 0 Å². The molecule has 0 aliphatic rings. The van der Waals surface area contributed by atoms with Crippen molar-refractivity contribution in [2.45, 2.75) is 32.1 Å². The maximum atomic E-state index is 11.9. The van der Waals surface area contributed by atoms with E-state index in [0.717, 1.165) is 4.88 Å². The molecule has 1 heterocycles. The fraction of sp³-hybridized carbons (Fsp3) is 0.545.